The first kappa shape index (κ1) is 16.0. The summed E-state index contributed by atoms with van der Waals surface area (Å²) in [6.07, 6.45) is 1.67. The highest BCUT2D eigenvalue weighted by atomic mass is 16.1. The van der Waals surface area contributed by atoms with E-state index in [0.717, 1.165) is 16.8 Å². The van der Waals surface area contributed by atoms with Crippen molar-refractivity contribution in [3.05, 3.63) is 77.6 Å². The normalized spacial score (nSPS) is 10.8. The third-order valence-corrected chi connectivity index (χ3v) is 4.19. The maximum atomic E-state index is 12.7. The first-order valence-electron chi connectivity index (χ1n) is 8.28. The molecule has 2 aromatic carbocycles. The molecule has 4 rings (SSSR count). The summed E-state index contributed by atoms with van der Waals surface area (Å²) >= 11 is 0. The molecule has 0 bridgehead atoms. The summed E-state index contributed by atoms with van der Waals surface area (Å²) in [4.78, 5) is 21.6. The number of carbonyl (C=O) groups is 1. The zero-order chi connectivity index (χ0) is 18.1. The number of aromatic nitrogens is 4. The van der Waals surface area contributed by atoms with Crippen LogP contribution in [0, 0.1) is 13.8 Å². The number of fused-ring (bicyclic) bond motifs is 1. The van der Waals surface area contributed by atoms with E-state index in [2.05, 4.69) is 20.4 Å². The van der Waals surface area contributed by atoms with E-state index in [9.17, 15) is 4.79 Å². The summed E-state index contributed by atoms with van der Waals surface area (Å²) in [5.41, 5.74) is 3.75. The Morgan fingerprint density at radius 1 is 0.962 bits per heavy atom. The van der Waals surface area contributed by atoms with Gasteiger partial charge < -0.3 is 5.32 Å². The number of aryl methyl sites for hydroxylation is 2. The molecule has 1 amide bonds. The van der Waals surface area contributed by atoms with Crippen LogP contribution in [0.2, 0.25) is 0 Å². The largest absolute Gasteiger partial charge is 0.322 e. The van der Waals surface area contributed by atoms with Gasteiger partial charge in [-0.25, -0.2) is 9.50 Å². The average molecular weight is 343 g/mol. The van der Waals surface area contributed by atoms with Crippen molar-refractivity contribution in [3.8, 4) is 11.4 Å². The predicted octanol–water partition coefficient (Wildman–Crippen LogP) is 3.66. The van der Waals surface area contributed by atoms with Gasteiger partial charge in [-0.15, -0.1) is 5.10 Å². The Bertz CT molecular complexity index is 1100. The first-order chi connectivity index (χ1) is 12.6. The van der Waals surface area contributed by atoms with E-state index in [1.54, 1.807) is 17.6 Å². The molecule has 128 valence electrons. The van der Waals surface area contributed by atoms with Crippen LogP contribution in [-0.4, -0.2) is 25.5 Å². The lowest BCUT2D eigenvalue weighted by Gasteiger charge is -2.09. The zero-order valence-corrected chi connectivity index (χ0v) is 14.5. The number of hydrogen-bond donors (Lipinski definition) is 1. The molecule has 1 N–H and O–H groups in total. The maximum Gasteiger partial charge on any atom is 0.259 e. The second kappa shape index (κ2) is 6.40. The number of nitrogens with zero attached hydrogens (tertiary/aromatic N) is 4. The van der Waals surface area contributed by atoms with Crippen molar-refractivity contribution in [1.29, 1.82) is 0 Å². The Morgan fingerprint density at radius 2 is 1.69 bits per heavy atom. The number of nitrogens with one attached hydrogen (secondary N) is 1. The number of carbonyl (C=O) groups excluding carboxylic acids is 1. The molecule has 0 saturated carbocycles. The lowest BCUT2D eigenvalue weighted by Crippen LogP contribution is -2.16. The molecular formula is C20H17N5O. The van der Waals surface area contributed by atoms with Crippen LogP contribution < -0.4 is 5.32 Å². The minimum Gasteiger partial charge on any atom is -0.322 e. The Hall–Kier alpha value is -3.54. The molecule has 2 aromatic heterocycles. The van der Waals surface area contributed by atoms with Gasteiger partial charge in [-0.1, -0.05) is 48.5 Å². The van der Waals surface area contributed by atoms with Crippen LogP contribution in [0.5, 0.6) is 0 Å². The molecule has 0 atom stereocenters. The van der Waals surface area contributed by atoms with Gasteiger partial charge in [0.2, 0.25) is 0 Å². The highest BCUT2D eigenvalue weighted by Gasteiger charge is 2.15. The van der Waals surface area contributed by atoms with Crippen molar-refractivity contribution in [2.45, 2.75) is 13.8 Å². The summed E-state index contributed by atoms with van der Waals surface area (Å²) in [6, 6.07) is 17.3. The molecule has 0 aliphatic carbocycles. The Kier molecular flexibility index (Phi) is 3.93. The molecule has 0 radical (unpaired) electrons. The second-order valence-electron chi connectivity index (χ2n) is 6.06. The van der Waals surface area contributed by atoms with Crippen LogP contribution in [-0.2, 0) is 0 Å². The van der Waals surface area contributed by atoms with E-state index < -0.39 is 0 Å². The van der Waals surface area contributed by atoms with E-state index in [1.807, 2.05) is 61.5 Å². The molecule has 0 aliphatic heterocycles. The van der Waals surface area contributed by atoms with Gasteiger partial charge >= 0.3 is 0 Å². The Labute approximate surface area is 150 Å². The highest BCUT2D eigenvalue weighted by molar-refractivity contribution is 6.05. The van der Waals surface area contributed by atoms with E-state index >= 15 is 0 Å². The van der Waals surface area contributed by atoms with Crippen LogP contribution in [0.25, 0.3) is 17.2 Å². The molecule has 0 fully saturated rings. The zero-order valence-electron chi connectivity index (χ0n) is 14.5. The van der Waals surface area contributed by atoms with Crippen LogP contribution >= 0.6 is 0 Å². The quantitative estimate of drug-likeness (QED) is 0.616. The predicted molar refractivity (Wildman–Crippen MR) is 100 cm³/mol. The number of amides is 1. The average Bonchev–Trinajstić information content (AvgIpc) is 3.06. The highest BCUT2D eigenvalue weighted by Crippen LogP contribution is 2.18. The molecule has 4 aromatic rings. The van der Waals surface area contributed by atoms with Crippen LogP contribution in [0.4, 0.5) is 5.69 Å². The van der Waals surface area contributed by atoms with E-state index in [-0.39, 0.29) is 5.91 Å². The van der Waals surface area contributed by atoms with Gasteiger partial charge in [-0.3, -0.25) is 4.79 Å². The fourth-order valence-electron chi connectivity index (χ4n) is 2.74. The van der Waals surface area contributed by atoms with Crippen molar-refractivity contribution >= 4 is 17.4 Å². The van der Waals surface area contributed by atoms with E-state index in [0.29, 0.717) is 22.9 Å². The standard InChI is InChI=1S/C20H17N5O/c1-13-8-6-7-11-17(13)22-19(26)16-12-25-20(21-14(16)2)23-18(24-25)15-9-4-3-5-10-15/h3-12H,1-2H3,(H,22,26). The smallest absolute Gasteiger partial charge is 0.259 e. The van der Waals surface area contributed by atoms with Gasteiger partial charge in [0, 0.05) is 17.4 Å². The van der Waals surface area contributed by atoms with Gasteiger partial charge in [-0.05, 0) is 25.5 Å². The minimum atomic E-state index is -0.219. The topological polar surface area (TPSA) is 72.2 Å². The Morgan fingerprint density at radius 3 is 2.46 bits per heavy atom. The van der Waals surface area contributed by atoms with Crippen molar-refractivity contribution in [3.63, 3.8) is 0 Å². The van der Waals surface area contributed by atoms with Gasteiger partial charge in [0.25, 0.3) is 11.7 Å². The number of anilines is 1. The summed E-state index contributed by atoms with van der Waals surface area (Å²) in [5.74, 6) is 0.825. The van der Waals surface area contributed by atoms with Gasteiger partial charge in [-0.2, -0.15) is 4.98 Å². The molecule has 0 unspecified atom stereocenters. The van der Waals surface area contributed by atoms with Crippen molar-refractivity contribution < 1.29 is 4.79 Å². The maximum absolute atomic E-state index is 12.7. The summed E-state index contributed by atoms with van der Waals surface area (Å²) < 4.78 is 1.54. The number of para-hydroxylation sites is 1. The Balaban J connectivity index is 1.70. The molecule has 6 nitrogen and oxygen atoms in total. The summed E-state index contributed by atoms with van der Waals surface area (Å²) in [6.45, 7) is 3.75. The third kappa shape index (κ3) is 2.93. The van der Waals surface area contributed by atoms with Crippen LogP contribution in [0.1, 0.15) is 21.6 Å². The molecular weight excluding hydrogens is 326 g/mol. The number of rotatable bonds is 3. The molecule has 6 heteroatoms. The molecule has 2 heterocycles. The van der Waals surface area contributed by atoms with Crippen molar-refractivity contribution in [2.24, 2.45) is 0 Å². The first-order valence-corrected chi connectivity index (χ1v) is 8.28. The molecule has 0 aliphatic rings. The van der Waals surface area contributed by atoms with Crippen LogP contribution in [0.3, 0.4) is 0 Å². The second-order valence-corrected chi connectivity index (χ2v) is 6.06. The molecule has 0 spiro atoms. The number of benzene rings is 2. The van der Waals surface area contributed by atoms with Gasteiger partial charge in [0.05, 0.1) is 11.3 Å². The lowest BCUT2D eigenvalue weighted by atomic mass is 10.2. The minimum absolute atomic E-state index is 0.219. The monoisotopic (exact) mass is 343 g/mol. The SMILES string of the molecule is Cc1ccccc1NC(=O)c1cn2nc(-c3ccccc3)nc2nc1C. The van der Waals surface area contributed by atoms with Gasteiger partial charge in [0.15, 0.2) is 5.82 Å². The molecule has 26 heavy (non-hydrogen) atoms. The van der Waals surface area contributed by atoms with E-state index in [1.165, 1.54) is 0 Å². The fraction of sp³-hybridized carbons (Fsp3) is 0.100. The van der Waals surface area contributed by atoms with E-state index in [4.69, 9.17) is 0 Å². The molecule has 0 saturated heterocycles. The third-order valence-electron chi connectivity index (χ3n) is 4.19. The fourth-order valence-corrected chi connectivity index (χ4v) is 2.74. The van der Waals surface area contributed by atoms with Gasteiger partial charge in [0.1, 0.15) is 0 Å². The van der Waals surface area contributed by atoms with Crippen LogP contribution in [0.15, 0.2) is 60.8 Å². The summed E-state index contributed by atoms with van der Waals surface area (Å²) in [7, 11) is 0. The summed E-state index contributed by atoms with van der Waals surface area (Å²) in [5, 5.41) is 7.38. The van der Waals surface area contributed by atoms with Crippen molar-refractivity contribution in [2.75, 3.05) is 5.32 Å². The number of hydrogen-bond acceptors (Lipinski definition) is 4. The van der Waals surface area contributed by atoms with Crippen molar-refractivity contribution in [1.82, 2.24) is 19.6 Å². The lowest BCUT2D eigenvalue weighted by molar-refractivity contribution is 0.102.